The molecule has 0 radical (unpaired) electrons. The SMILES string of the molecule is CC1CC(Cl)=CC(C(C)(C)C)=CC1Br. The largest absolute Gasteiger partial charge is 0.0891 e. The Balaban J connectivity index is 3.02. The van der Waals surface area contributed by atoms with E-state index >= 15 is 0 Å². The second-order valence-corrected chi connectivity index (χ2v) is 6.63. The number of rotatable bonds is 0. The van der Waals surface area contributed by atoms with Crippen LogP contribution < -0.4 is 0 Å². The van der Waals surface area contributed by atoms with Gasteiger partial charge in [0.05, 0.1) is 0 Å². The molecule has 0 saturated carbocycles. The van der Waals surface area contributed by atoms with Gasteiger partial charge >= 0.3 is 0 Å². The molecule has 0 amide bonds. The quantitative estimate of drug-likeness (QED) is 0.553. The lowest BCUT2D eigenvalue weighted by atomic mass is 9.86. The molecule has 0 aliphatic heterocycles. The fraction of sp³-hybridized carbons (Fsp3) is 0.667. The summed E-state index contributed by atoms with van der Waals surface area (Å²) in [4.78, 5) is 0.434. The van der Waals surface area contributed by atoms with E-state index in [9.17, 15) is 0 Å². The van der Waals surface area contributed by atoms with E-state index in [1.165, 1.54) is 5.57 Å². The predicted molar refractivity (Wildman–Crippen MR) is 68.0 cm³/mol. The van der Waals surface area contributed by atoms with Crippen molar-refractivity contribution in [2.75, 3.05) is 0 Å². The van der Waals surface area contributed by atoms with E-state index in [-0.39, 0.29) is 5.41 Å². The van der Waals surface area contributed by atoms with Crippen LogP contribution in [-0.4, -0.2) is 4.83 Å². The summed E-state index contributed by atoms with van der Waals surface area (Å²) in [7, 11) is 0. The van der Waals surface area contributed by atoms with Gasteiger partial charge in [0, 0.05) is 9.86 Å². The van der Waals surface area contributed by atoms with Crippen molar-refractivity contribution in [3.05, 3.63) is 22.8 Å². The highest BCUT2D eigenvalue weighted by Crippen LogP contribution is 2.35. The summed E-state index contributed by atoms with van der Waals surface area (Å²) in [6.45, 7) is 8.87. The maximum atomic E-state index is 6.18. The van der Waals surface area contributed by atoms with Gasteiger partial charge in [-0.25, -0.2) is 0 Å². The first kappa shape index (κ1) is 12.3. The molecule has 0 heterocycles. The third kappa shape index (κ3) is 3.13. The van der Waals surface area contributed by atoms with Crippen LogP contribution >= 0.6 is 27.5 Å². The lowest BCUT2D eigenvalue weighted by Gasteiger charge is -2.21. The fourth-order valence-electron chi connectivity index (χ4n) is 1.50. The molecule has 0 aromatic heterocycles. The van der Waals surface area contributed by atoms with Crippen LogP contribution in [0.4, 0.5) is 0 Å². The van der Waals surface area contributed by atoms with Crippen molar-refractivity contribution in [1.29, 1.82) is 0 Å². The molecule has 0 nitrogen and oxygen atoms in total. The molecule has 1 aliphatic rings. The van der Waals surface area contributed by atoms with Gasteiger partial charge in [-0.1, -0.05) is 61.3 Å². The molecular formula is C12H18BrCl. The van der Waals surface area contributed by atoms with Gasteiger partial charge in [0.25, 0.3) is 0 Å². The zero-order chi connectivity index (χ0) is 10.9. The second-order valence-electron chi connectivity index (χ2n) is 5.09. The number of hydrogen-bond acceptors (Lipinski definition) is 0. The first-order chi connectivity index (χ1) is 6.30. The van der Waals surface area contributed by atoms with E-state index in [0.717, 1.165) is 11.5 Å². The van der Waals surface area contributed by atoms with Crippen molar-refractivity contribution >= 4 is 27.5 Å². The smallest absolute Gasteiger partial charge is 0.0360 e. The van der Waals surface area contributed by atoms with Gasteiger partial charge in [0.2, 0.25) is 0 Å². The average Bonchev–Trinajstić information content (AvgIpc) is 2.11. The van der Waals surface area contributed by atoms with Gasteiger partial charge in [0.1, 0.15) is 0 Å². The Labute approximate surface area is 101 Å². The Bertz CT molecular complexity index is 271. The van der Waals surface area contributed by atoms with Crippen LogP contribution in [0.2, 0.25) is 0 Å². The molecule has 80 valence electrons. The lowest BCUT2D eigenvalue weighted by Crippen LogP contribution is -2.11. The highest BCUT2D eigenvalue weighted by atomic mass is 79.9. The van der Waals surface area contributed by atoms with Gasteiger partial charge in [-0.2, -0.15) is 0 Å². The maximum Gasteiger partial charge on any atom is 0.0360 e. The summed E-state index contributed by atoms with van der Waals surface area (Å²) in [6, 6.07) is 0. The minimum Gasteiger partial charge on any atom is -0.0891 e. The molecule has 1 rings (SSSR count). The number of allylic oxidation sites excluding steroid dienone is 4. The van der Waals surface area contributed by atoms with Gasteiger partial charge in [-0.3, -0.25) is 0 Å². The summed E-state index contributed by atoms with van der Waals surface area (Å²) in [6.07, 6.45) is 5.38. The molecule has 0 aromatic carbocycles. The normalized spacial score (nSPS) is 29.3. The van der Waals surface area contributed by atoms with Crippen molar-refractivity contribution in [2.24, 2.45) is 11.3 Å². The van der Waals surface area contributed by atoms with Crippen LogP contribution in [0.1, 0.15) is 34.1 Å². The zero-order valence-corrected chi connectivity index (χ0v) is 11.6. The van der Waals surface area contributed by atoms with Gasteiger partial charge < -0.3 is 0 Å². The average molecular weight is 278 g/mol. The van der Waals surface area contributed by atoms with Crippen molar-refractivity contribution in [3.8, 4) is 0 Å². The van der Waals surface area contributed by atoms with Gasteiger partial charge in [-0.15, -0.1) is 0 Å². The molecule has 0 spiro atoms. The van der Waals surface area contributed by atoms with E-state index < -0.39 is 0 Å². The minimum absolute atomic E-state index is 0.177. The second kappa shape index (κ2) is 4.40. The van der Waals surface area contributed by atoms with E-state index in [4.69, 9.17) is 11.6 Å². The zero-order valence-electron chi connectivity index (χ0n) is 9.27. The van der Waals surface area contributed by atoms with Crippen molar-refractivity contribution in [1.82, 2.24) is 0 Å². The molecule has 2 atom stereocenters. The first-order valence-corrected chi connectivity index (χ1v) is 6.32. The van der Waals surface area contributed by atoms with Crippen LogP contribution in [0.5, 0.6) is 0 Å². The molecule has 0 saturated heterocycles. The van der Waals surface area contributed by atoms with E-state index in [1.54, 1.807) is 0 Å². The Morgan fingerprint density at radius 3 is 2.50 bits per heavy atom. The van der Waals surface area contributed by atoms with Crippen LogP contribution in [0.3, 0.4) is 0 Å². The highest BCUT2D eigenvalue weighted by Gasteiger charge is 2.22. The lowest BCUT2D eigenvalue weighted by molar-refractivity contribution is 0.514. The monoisotopic (exact) mass is 276 g/mol. The molecule has 0 bridgehead atoms. The molecule has 2 heteroatoms. The summed E-state index contributed by atoms with van der Waals surface area (Å²) < 4.78 is 0. The van der Waals surface area contributed by atoms with Crippen LogP contribution in [0.25, 0.3) is 0 Å². The molecule has 2 unspecified atom stereocenters. The summed E-state index contributed by atoms with van der Waals surface area (Å²) in [5, 5.41) is 0.973. The molecule has 0 N–H and O–H groups in total. The minimum atomic E-state index is 0.177. The number of hydrogen-bond donors (Lipinski definition) is 0. The molecule has 0 aromatic rings. The Hall–Kier alpha value is 0.250. The van der Waals surface area contributed by atoms with Gasteiger partial charge in [-0.05, 0) is 29.4 Å². The Morgan fingerprint density at radius 1 is 1.43 bits per heavy atom. The van der Waals surface area contributed by atoms with E-state index in [0.29, 0.717) is 10.7 Å². The predicted octanol–water partition coefficient (Wildman–Crippen LogP) is 4.88. The highest BCUT2D eigenvalue weighted by molar-refractivity contribution is 9.09. The maximum absolute atomic E-state index is 6.18. The molecule has 1 aliphatic carbocycles. The number of halogens is 2. The topological polar surface area (TPSA) is 0 Å². The fourth-order valence-corrected chi connectivity index (χ4v) is 2.33. The van der Waals surface area contributed by atoms with Crippen LogP contribution in [0, 0.1) is 11.3 Å². The molecular weight excluding hydrogens is 259 g/mol. The third-order valence-corrected chi connectivity index (χ3v) is 4.01. The first-order valence-electron chi connectivity index (χ1n) is 5.03. The summed E-state index contributed by atoms with van der Waals surface area (Å²) >= 11 is 9.88. The molecule has 0 fully saturated rings. The van der Waals surface area contributed by atoms with Crippen molar-refractivity contribution in [3.63, 3.8) is 0 Å². The van der Waals surface area contributed by atoms with Crippen molar-refractivity contribution in [2.45, 2.75) is 38.9 Å². The van der Waals surface area contributed by atoms with E-state index in [1.807, 2.05) is 0 Å². The Morgan fingerprint density at radius 2 is 2.00 bits per heavy atom. The van der Waals surface area contributed by atoms with Crippen molar-refractivity contribution < 1.29 is 0 Å². The van der Waals surface area contributed by atoms with E-state index in [2.05, 4.69) is 55.8 Å². The van der Waals surface area contributed by atoms with Gasteiger partial charge in [0.15, 0.2) is 0 Å². The number of alkyl halides is 1. The summed E-state index contributed by atoms with van der Waals surface area (Å²) in [5.74, 6) is 0.568. The van der Waals surface area contributed by atoms with Crippen LogP contribution in [0.15, 0.2) is 22.8 Å². The third-order valence-electron chi connectivity index (χ3n) is 2.58. The molecule has 14 heavy (non-hydrogen) atoms. The standard InChI is InChI=1S/C12H18BrCl/c1-8-5-10(14)6-9(7-11(8)13)12(2,3)4/h6-8,11H,5H2,1-4H3. The Kier molecular flexibility index (Phi) is 3.87. The summed E-state index contributed by atoms with van der Waals surface area (Å²) in [5.41, 5.74) is 1.50. The van der Waals surface area contributed by atoms with Crippen LogP contribution in [-0.2, 0) is 0 Å².